The molecule has 1 aromatic heterocycles. The van der Waals surface area contributed by atoms with E-state index in [2.05, 4.69) is 29.4 Å². The Hall–Kier alpha value is -3.28. The van der Waals surface area contributed by atoms with Crippen LogP contribution in [0.15, 0.2) is 59.1 Å². The number of hydrogen-bond acceptors (Lipinski definition) is 5. The van der Waals surface area contributed by atoms with E-state index < -0.39 is 0 Å². The molecule has 0 saturated heterocycles. The van der Waals surface area contributed by atoms with Gasteiger partial charge in [0, 0.05) is 16.9 Å². The summed E-state index contributed by atoms with van der Waals surface area (Å²) in [6, 6.07) is 17.9. The predicted octanol–water partition coefficient (Wildman–Crippen LogP) is 8.07. The molecule has 7 rings (SSSR count). The molecule has 0 radical (unpaired) electrons. The van der Waals surface area contributed by atoms with E-state index in [4.69, 9.17) is 37.2 Å². The van der Waals surface area contributed by atoms with Crippen LogP contribution >= 0.6 is 23.2 Å². The molecule has 0 aliphatic heterocycles. The van der Waals surface area contributed by atoms with Gasteiger partial charge in [0.05, 0.1) is 28.3 Å². The summed E-state index contributed by atoms with van der Waals surface area (Å²) < 4.78 is 17.2. The molecule has 3 aliphatic rings. The summed E-state index contributed by atoms with van der Waals surface area (Å²) in [6.07, 6.45) is 6.14. The third kappa shape index (κ3) is 4.23. The third-order valence-corrected chi connectivity index (χ3v) is 9.03. The van der Waals surface area contributed by atoms with Gasteiger partial charge in [0.25, 0.3) is 0 Å². The molecule has 0 atom stereocenters. The Kier molecular flexibility index (Phi) is 5.98. The van der Waals surface area contributed by atoms with Crippen LogP contribution in [0.5, 0.6) is 5.75 Å². The molecule has 39 heavy (non-hydrogen) atoms. The van der Waals surface area contributed by atoms with Crippen LogP contribution in [-0.2, 0) is 29.6 Å². The smallest absolute Gasteiger partial charge is 0.337 e. The first-order chi connectivity index (χ1) is 19.0. The van der Waals surface area contributed by atoms with Gasteiger partial charge in [-0.15, -0.1) is 0 Å². The van der Waals surface area contributed by atoms with Gasteiger partial charge in [-0.3, -0.25) is 0 Å². The van der Waals surface area contributed by atoms with Crippen molar-refractivity contribution in [3.05, 3.63) is 104 Å². The summed E-state index contributed by atoms with van der Waals surface area (Å²) in [5.74, 6) is 1.74. The number of ether oxygens (including phenoxy) is 2. The number of methoxy groups -OCH3 is 1. The fraction of sp³-hybridized carbons (Fsp3) is 0.312. The first-order valence-corrected chi connectivity index (χ1v) is 14.1. The summed E-state index contributed by atoms with van der Waals surface area (Å²) in [6.45, 7) is 0.318. The predicted molar refractivity (Wildman–Crippen MR) is 150 cm³/mol. The van der Waals surface area contributed by atoms with E-state index in [0.717, 1.165) is 55.6 Å². The normalized spacial score (nSPS) is 16.8. The van der Waals surface area contributed by atoms with Crippen LogP contribution < -0.4 is 4.74 Å². The molecule has 7 heteroatoms. The third-order valence-electron chi connectivity index (χ3n) is 8.40. The second-order valence-corrected chi connectivity index (χ2v) is 11.6. The van der Waals surface area contributed by atoms with Gasteiger partial charge in [0.2, 0.25) is 0 Å². The van der Waals surface area contributed by atoms with Crippen molar-refractivity contribution >= 4 is 29.2 Å². The highest BCUT2D eigenvalue weighted by Crippen LogP contribution is 2.57. The van der Waals surface area contributed by atoms with Gasteiger partial charge in [-0.05, 0) is 97.2 Å². The molecular formula is C32H27Cl2NO4. The molecule has 198 valence electrons. The summed E-state index contributed by atoms with van der Waals surface area (Å²) in [7, 11) is 1.43. The van der Waals surface area contributed by atoms with Crippen LogP contribution in [0, 0.1) is 0 Å². The number of nitrogens with zero attached hydrogens (tertiary/aromatic N) is 1. The fourth-order valence-electron chi connectivity index (χ4n) is 6.10. The summed E-state index contributed by atoms with van der Waals surface area (Å²) in [5.41, 5.74) is 8.00. The van der Waals surface area contributed by atoms with E-state index in [1.807, 2.05) is 30.3 Å². The topological polar surface area (TPSA) is 61.6 Å². The lowest BCUT2D eigenvalue weighted by molar-refractivity contribution is 0.0600. The minimum atomic E-state index is -0.293. The van der Waals surface area contributed by atoms with E-state index >= 15 is 0 Å². The van der Waals surface area contributed by atoms with E-state index in [-0.39, 0.29) is 11.4 Å². The van der Waals surface area contributed by atoms with Gasteiger partial charge >= 0.3 is 5.97 Å². The minimum absolute atomic E-state index is 0.0364. The minimum Gasteiger partial charge on any atom is -0.489 e. The lowest BCUT2D eigenvalue weighted by Crippen LogP contribution is -2.13. The van der Waals surface area contributed by atoms with E-state index in [9.17, 15) is 4.79 Å². The average Bonchev–Trinajstić information content (AvgIpc) is 3.88. The second kappa shape index (κ2) is 9.42. The SMILES string of the molecule is COC(=O)c1ccc2c(c1)C1(CC1)c1ccc(OCc3c(-c4c(Cl)cccc4Cl)noc3C3CC3)cc1CC2. The number of esters is 1. The molecule has 1 heterocycles. The maximum absolute atomic E-state index is 12.2. The number of aryl methyl sites for hydroxylation is 2. The number of carbonyl (C=O) groups excluding carboxylic acids is 1. The zero-order valence-electron chi connectivity index (χ0n) is 21.6. The van der Waals surface area contributed by atoms with Crippen molar-refractivity contribution in [1.29, 1.82) is 0 Å². The Morgan fingerprint density at radius 2 is 1.77 bits per heavy atom. The lowest BCUT2D eigenvalue weighted by Gasteiger charge is -2.20. The van der Waals surface area contributed by atoms with Gasteiger partial charge in [-0.2, -0.15) is 0 Å². The Bertz CT molecular complexity index is 1600. The average molecular weight is 560 g/mol. The lowest BCUT2D eigenvalue weighted by atomic mass is 9.84. The van der Waals surface area contributed by atoms with Crippen LogP contribution in [0.3, 0.4) is 0 Å². The number of halogens is 2. The summed E-state index contributed by atoms with van der Waals surface area (Å²) in [4.78, 5) is 12.2. The van der Waals surface area contributed by atoms with Crippen molar-refractivity contribution in [2.24, 2.45) is 0 Å². The van der Waals surface area contributed by atoms with Gasteiger partial charge in [0.1, 0.15) is 23.8 Å². The van der Waals surface area contributed by atoms with Crippen LogP contribution in [0.4, 0.5) is 0 Å². The largest absolute Gasteiger partial charge is 0.489 e. The monoisotopic (exact) mass is 559 g/mol. The molecule has 4 aromatic rings. The number of aromatic nitrogens is 1. The fourth-order valence-corrected chi connectivity index (χ4v) is 6.68. The molecule has 3 aliphatic carbocycles. The number of benzene rings is 3. The zero-order valence-corrected chi connectivity index (χ0v) is 23.1. The van der Waals surface area contributed by atoms with Crippen molar-refractivity contribution in [2.45, 2.75) is 56.5 Å². The highest BCUT2D eigenvalue weighted by Gasteiger charge is 2.49. The zero-order chi connectivity index (χ0) is 26.7. The Morgan fingerprint density at radius 3 is 2.49 bits per heavy atom. The molecule has 0 amide bonds. The molecule has 0 bridgehead atoms. The first-order valence-electron chi connectivity index (χ1n) is 13.4. The number of fused-ring (bicyclic) bond motifs is 4. The molecule has 3 aromatic carbocycles. The standard InChI is InChI=1S/C32H27Cl2NO4/c1-37-31(36)21-10-6-18-5-9-20-15-22(11-12-24(20)32(13-14-32)25(18)16-21)38-17-23-29(35-39-30(23)19-7-8-19)28-26(33)3-2-4-27(28)34/h2-4,6,10-12,15-16,19H,5,7-9,13-14,17H2,1H3. The van der Waals surface area contributed by atoms with Crippen LogP contribution in [0.2, 0.25) is 10.0 Å². The Balaban J connectivity index is 1.20. The van der Waals surface area contributed by atoms with Crippen molar-refractivity contribution in [3.8, 4) is 17.0 Å². The highest BCUT2D eigenvalue weighted by molar-refractivity contribution is 6.39. The first kappa shape index (κ1) is 24.7. The molecular weight excluding hydrogens is 533 g/mol. The molecule has 0 unspecified atom stereocenters. The van der Waals surface area contributed by atoms with Crippen LogP contribution in [-0.4, -0.2) is 18.2 Å². The maximum Gasteiger partial charge on any atom is 0.337 e. The number of carbonyl (C=O) groups is 1. The van der Waals surface area contributed by atoms with Crippen molar-refractivity contribution in [1.82, 2.24) is 5.16 Å². The molecule has 2 saturated carbocycles. The Labute approximate surface area is 237 Å². The Morgan fingerprint density at radius 1 is 1.00 bits per heavy atom. The van der Waals surface area contributed by atoms with Gasteiger partial charge in [-0.1, -0.05) is 46.6 Å². The summed E-state index contributed by atoms with van der Waals surface area (Å²) in [5, 5.41) is 5.46. The van der Waals surface area contributed by atoms with Crippen molar-refractivity contribution < 1.29 is 18.8 Å². The maximum atomic E-state index is 12.2. The van der Waals surface area contributed by atoms with Gasteiger partial charge < -0.3 is 14.0 Å². The second-order valence-electron chi connectivity index (χ2n) is 10.8. The summed E-state index contributed by atoms with van der Waals surface area (Å²) >= 11 is 13.1. The van der Waals surface area contributed by atoms with Crippen molar-refractivity contribution in [3.63, 3.8) is 0 Å². The van der Waals surface area contributed by atoms with Crippen molar-refractivity contribution in [2.75, 3.05) is 7.11 Å². The van der Waals surface area contributed by atoms with E-state index in [1.165, 1.54) is 29.4 Å². The van der Waals surface area contributed by atoms with Crippen LogP contribution in [0.1, 0.15) is 75.5 Å². The molecule has 5 nitrogen and oxygen atoms in total. The molecule has 1 spiro atoms. The van der Waals surface area contributed by atoms with Crippen LogP contribution in [0.25, 0.3) is 11.3 Å². The number of rotatable bonds is 6. The number of hydrogen-bond donors (Lipinski definition) is 0. The molecule has 0 N–H and O–H groups in total. The van der Waals surface area contributed by atoms with E-state index in [1.54, 1.807) is 0 Å². The molecule has 2 fully saturated rings. The quantitative estimate of drug-likeness (QED) is 0.223. The van der Waals surface area contributed by atoms with Gasteiger partial charge in [0.15, 0.2) is 0 Å². The van der Waals surface area contributed by atoms with E-state index in [0.29, 0.717) is 39.4 Å². The highest BCUT2D eigenvalue weighted by atomic mass is 35.5. The van der Waals surface area contributed by atoms with Gasteiger partial charge in [-0.25, -0.2) is 4.79 Å².